The number of rotatable bonds is 10. The van der Waals surface area contributed by atoms with Crippen molar-refractivity contribution in [3.63, 3.8) is 0 Å². The van der Waals surface area contributed by atoms with Crippen LogP contribution < -0.4 is 15.4 Å². The minimum atomic E-state index is -0.306. The first-order valence-electron chi connectivity index (χ1n) is 10.9. The van der Waals surface area contributed by atoms with Crippen LogP contribution in [0.3, 0.4) is 0 Å². The van der Waals surface area contributed by atoms with Crippen molar-refractivity contribution in [2.24, 2.45) is 0 Å². The van der Waals surface area contributed by atoms with E-state index in [2.05, 4.69) is 50.2 Å². The second-order valence-corrected chi connectivity index (χ2v) is 8.43. The van der Waals surface area contributed by atoms with E-state index in [-0.39, 0.29) is 23.8 Å². The van der Waals surface area contributed by atoms with Crippen molar-refractivity contribution in [2.45, 2.75) is 40.0 Å². The first kappa shape index (κ1) is 24.4. The predicted octanol–water partition coefficient (Wildman–Crippen LogP) is 4.07. The van der Waals surface area contributed by atoms with Crippen LogP contribution in [0.25, 0.3) is 0 Å². The topological polar surface area (TPSA) is 70.7 Å². The summed E-state index contributed by atoms with van der Waals surface area (Å²) >= 11 is 0. The molecule has 168 valence electrons. The highest BCUT2D eigenvalue weighted by Crippen LogP contribution is 2.24. The Hall–Kier alpha value is -2.86. The summed E-state index contributed by atoms with van der Waals surface area (Å²) in [5, 5.41) is 5.49. The summed E-state index contributed by atoms with van der Waals surface area (Å²) in [5.41, 5.74) is 2.30. The zero-order valence-electron chi connectivity index (χ0n) is 19.3. The molecule has 0 atom stereocenters. The highest BCUT2D eigenvalue weighted by Gasteiger charge is 2.15. The van der Waals surface area contributed by atoms with Gasteiger partial charge in [0, 0.05) is 12.1 Å². The van der Waals surface area contributed by atoms with E-state index in [1.165, 1.54) is 0 Å². The van der Waals surface area contributed by atoms with Crippen LogP contribution in [-0.2, 0) is 10.2 Å². The Morgan fingerprint density at radius 1 is 0.968 bits per heavy atom. The summed E-state index contributed by atoms with van der Waals surface area (Å²) < 4.78 is 5.86. The van der Waals surface area contributed by atoms with Crippen molar-refractivity contribution in [1.29, 1.82) is 0 Å². The number of nitrogens with zero attached hydrogens (tertiary/aromatic N) is 1. The smallest absolute Gasteiger partial charge is 0.251 e. The number of nitrogens with one attached hydrogen (secondary N) is 2. The van der Waals surface area contributed by atoms with Gasteiger partial charge in [-0.2, -0.15) is 0 Å². The standard InChI is InChI=1S/C25H35N3O3/c1-6-28(7-2)16-17-31-22-11-9-8-10-21(22)27-23(29)18-26-24(30)19-12-14-20(15-13-19)25(3,4)5/h8-15H,6-7,16-18H2,1-5H3,(H,26,30)(H,27,29). The number of ether oxygens (including phenoxy) is 1. The number of carbonyl (C=O) groups excluding carboxylic acids is 2. The third kappa shape index (κ3) is 7.72. The fourth-order valence-electron chi connectivity index (χ4n) is 3.10. The molecule has 0 saturated heterocycles. The van der Waals surface area contributed by atoms with Gasteiger partial charge in [0.15, 0.2) is 0 Å². The maximum atomic E-state index is 12.4. The Morgan fingerprint density at radius 3 is 2.23 bits per heavy atom. The van der Waals surface area contributed by atoms with Crippen molar-refractivity contribution in [3.8, 4) is 5.75 Å². The fourth-order valence-corrected chi connectivity index (χ4v) is 3.10. The lowest BCUT2D eigenvalue weighted by Crippen LogP contribution is -2.33. The average Bonchev–Trinajstić information content (AvgIpc) is 2.75. The molecule has 2 amide bonds. The van der Waals surface area contributed by atoms with Crippen LogP contribution in [0.2, 0.25) is 0 Å². The molecule has 6 nitrogen and oxygen atoms in total. The molecule has 0 aromatic heterocycles. The summed E-state index contributed by atoms with van der Waals surface area (Å²) in [6.45, 7) is 13.8. The van der Waals surface area contributed by atoms with E-state index >= 15 is 0 Å². The molecular weight excluding hydrogens is 390 g/mol. The molecule has 0 saturated carbocycles. The van der Waals surface area contributed by atoms with E-state index in [1.54, 1.807) is 18.2 Å². The van der Waals surface area contributed by atoms with E-state index in [0.717, 1.165) is 25.2 Å². The second kappa shape index (κ2) is 11.5. The van der Waals surface area contributed by atoms with Gasteiger partial charge in [-0.3, -0.25) is 9.59 Å². The van der Waals surface area contributed by atoms with E-state index in [4.69, 9.17) is 4.74 Å². The minimum absolute atomic E-state index is 0.0235. The van der Waals surface area contributed by atoms with Crippen LogP contribution in [-0.4, -0.2) is 49.5 Å². The summed E-state index contributed by atoms with van der Waals surface area (Å²) in [5.74, 6) is 0.0333. The van der Waals surface area contributed by atoms with Crippen LogP contribution >= 0.6 is 0 Å². The lowest BCUT2D eigenvalue weighted by atomic mass is 9.87. The maximum Gasteiger partial charge on any atom is 0.251 e. The molecule has 2 aromatic carbocycles. The van der Waals surface area contributed by atoms with Crippen LogP contribution in [0, 0.1) is 0 Å². The number of amides is 2. The number of para-hydroxylation sites is 2. The number of anilines is 1. The zero-order chi connectivity index (χ0) is 22.9. The normalized spacial score (nSPS) is 11.3. The first-order valence-corrected chi connectivity index (χ1v) is 10.9. The Morgan fingerprint density at radius 2 is 1.61 bits per heavy atom. The van der Waals surface area contributed by atoms with Crippen LogP contribution in [0.15, 0.2) is 48.5 Å². The van der Waals surface area contributed by atoms with E-state index in [9.17, 15) is 9.59 Å². The number of likely N-dealkylation sites (N-methyl/N-ethyl adjacent to an activating group) is 1. The van der Waals surface area contributed by atoms with Gasteiger partial charge in [0.25, 0.3) is 5.91 Å². The zero-order valence-corrected chi connectivity index (χ0v) is 19.3. The molecule has 2 aromatic rings. The molecular formula is C25H35N3O3. The molecule has 0 aliphatic heterocycles. The molecule has 2 rings (SSSR count). The summed E-state index contributed by atoms with van der Waals surface area (Å²) in [6.07, 6.45) is 0. The van der Waals surface area contributed by atoms with Gasteiger partial charge in [-0.05, 0) is 48.3 Å². The Kier molecular flexibility index (Phi) is 9.06. The molecule has 0 heterocycles. The van der Waals surface area contributed by atoms with Crippen molar-refractivity contribution < 1.29 is 14.3 Å². The van der Waals surface area contributed by atoms with Gasteiger partial charge >= 0.3 is 0 Å². The predicted molar refractivity (Wildman–Crippen MR) is 126 cm³/mol. The summed E-state index contributed by atoms with van der Waals surface area (Å²) in [6, 6.07) is 14.8. The number of benzene rings is 2. The summed E-state index contributed by atoms with van der Waals surface area (Å²) in [7, 11) is 0. The monoisotopic (exact) mass is 425 g/mol. The van der Waals surface area contributed by atoms with Gasteiger partial charge in [-0.15, -0.1) is 0 Å². The molecule has 0 aliphatic rings. The molecule has 0 aliphatic carbocycles. The average molecular weight is 426 g/mol. The summed E-state index contributed by atoms with van der Waals surface area (Å²) in [4.78, 5) is 27.0. The fraction of sp³-hybridized carbons (Fsp3) is 0.440. The number of hydrogen-bond donors (Lipinski definition) is 2. The third-order valence-corrected chi connectivity index (χ3v) is 5.14. The van der Waals surface area contributed by atoms with Crippen LogP contribution in [0.1, 0.15) is 50.5 Å². The molecule has 0 fully saturated rings. The SMILES string of the molecule is CCN(CC)CCOc1ccccc1NC(=O)CNC(=O)c1ccc(C(C)(C)C)cc1. The van der Waals surface area contributed by atoms with E-state index in [0.29, 0.717) is 23.6 Å². The second-order valence-electron chi connectivity index (χ2n) is 8.43. The van der Waals surface area contributed by atoms with Crippen molar-refractivity contribution >= 4 is 17.5 Å². The first-order chi connectivity index (χ1) is 14.7. The minimum Gasteiger partial charge on any atom is -0.490 e. The van der Waals surface area contributed by atoms with E-state index in [1.807, 2.05) is 30.3 Å². The molecule has 2 N–H and O–H groups in total. The molecule has 0 unspecified atom stereocenters. The molecule has 0 bridgehead atoms. The van der Waals surface area contributed by atoms with Crippen LogP contribution in [0.4, 0.5) is 5.69 Å². The Balaban J connectivity index is 1.88. The highest BCUT2D eigenvalue weighted by molar-refractivity contribution is 5.99. The molecule has 0 spiro atoms. The maximum absolute atomic E-state index is 12.4. The van der Waals surface area contributed by atoms with E-state index < -0.39 is 0 Å². The lowest BCUT2D eigenvalue weighted by Gasteiger charge is -2.19. The van der Waals surface area contributed by atoms with Gasteiger partial charge in [0.1, 0.15) is 12.4 Å². The quantitative estimate of drug-likeness (QED) is 0.602. The van der Waals surface area contributed by atoms with Gasteiger partial charge in [-0.1, -0.05) is 58.9 Å². The highest BCUT2D eigenvalue weighted by atomic mass is 16.5. The van der Waals surface area contributed by atoms with Gasteiger partial charge in [0.05, 0.1) is 12.2 Å². The van der Waals surface area contributed by atoms with Gasteiger partial charge in [-0.25, -0.2) is 0 Å². The van der Waals surface area contributed by atoms with Crippen molar-refractivity contribution in [1.82, 2.24) is 10.2 Å². The molecule has 6 heteroatoms. The number of hydrogen-bond acceptors (Lipinski definition) is 4. The Labute approximate surface area is 186 Å². The van der Waals surface area contributed by atoms with Crippen molar-refractivity contribution in [3.05, 3.63) is 59.7 Å². The third-order valence-electron chi connectivity index (χ3n) is 5.14. The lowest BCUT2D eigenvalue weighted by molar-refractivity contribution is -0.115. The van der Waals surface area contributed by atoms with Gasteiger partial charge < -0.3 is 20.3 Å². The largest absolute Gasteiger partial charge is 0.490 e. The van der Waals surface area contributed by atoms with Crippen molar-refractivity contribution in [2.75, 3.05) is 38.1 Å². The van der Waals surface area contributed by atoms with Gasteiger partial charge in [0.2, 0.25) is 5.91 Å². The molecule has 0 radical (unpaired) electrons. The molecule has 31 heavy (non-hydrogen) atoms. The Bertz CT molecular complexity index is 853. The number of carbonyl (C=O) groups is 2. The van der Waals surface area contributed by atoms with Crippen LogP contribution in [0.5, 0.6) is 5.75 Å².